The van der Waals surface area contributed by atoms with Crippen molar-refractivity contribution in [1.29, 1.82) is 0 Å². The van der Waals surface area contributed by atoms with Crippen LogP contribution in [0.3, 0.4) is 0 Å². The maximum Gasteiger partial charge on any atom is 0.192 e. The van der Waals surface area contributed by atoms with Crippen LogP contribution in [-0.2, 0) is 8.85 Å². The van der Waals surface area contributed by atoms with Crippen LogP contribution in [0.1, 0.15) is 113 Å². The van der Waals surface area contributed by atoms with E-state index in [9.17, 15) is 5.11 Å². The maximum absolute atomic E-state index is 10.5. The minimum absolute atomic E-state index is 0.0233. The van der Waals surface area contributed by atoms with E-state index in [1.165, 1.54) is 56.1 Å². The molecule has 0 heterocycles. The molecule has 0 aromatic carbocycles. The molecule has 4 saturated carbocycles. The monoisotopic (exact) mass is 640 g/mol. The van der Waals surface area contributed by atoms with Crippen molar-refractivity contribution in [3.8, 4) is 0 Å². The van der Waals surface area contributed by atoms with Crippen LogP contribution in [0.5, 0.6) is 0 Å². The predicted octanol–water partition coefficient (Wildman–Crippen LogP) is 11.1. The van der Waals surface area contributed by atoms with E-state index in [4.69, 9.17) is 8.85 Å². The summed E-state index contributed by atoms with van der Waals surface area (Å²) in [5, 5.41) is 10.8. The Morgan fingerprint density at radius 2 is 1.52 bits per heavy atom. The minimum atomic E-state index is -1.98. The summed E-state index contributed by atoms with van der Waals surface area (Å²) in [5.41, 5.74) is 4.49. The van der Waals surface area contributed by atoms with Gasteiger partial charge in [0, 0.05) is 6.42 Å². The van der Waals surface area contributed by atoms with Crippen LogP contribution in [0.2, 0.25) is 36.3 Å². The second-order valence-corrected chi connectivity index (χ2v) is 27.9. The number of rotatable bonds is 9. The summed E-state index contributed by atoms with van der Waals surface area (Å²) in [6.07, 6.45) is 19.9. The van der Waals surface area contributed by atoms with Crippen LogP contribution in [-0.4, -0.2) is 40.1 Å². The zero-order chi connectivity index (χ0) is 32.9. The number of aliphatic hydroxyl groups is 1. The van der Waals surface area contributed by atoms with E-state index in [0.717, 1.165) is 12.8 Å². The summed E-state index contributed by atoms with van der Waals surface area (Å²) in [4.78, 5) is 0. The zero-order valence-corrected chi connectivity index (χ0v) is 32.7. The van der Waals surface area contributed by atoms with Crippen LogP contribution in [0.4, 0.5) is 0 Å². The molecule has 0 saturated heterocycles. The normalized spacial score (nSPS) is 34.2. The molecule has 250 valence electrons. The van der Waals surface area contributed by atoms with Gasteiger partial charge in [-0.2, -0.15) is 0 Å². The average molecular weight is 641 g/mol. The molecule has 0 aromatic rings. The molecule has 4 rings (SSSR count). The fourth-order valence-electron chi connectivity index (χ4n) is 7.93. The minimum Gasteiger partial charge on any atom is -0.413 e. The second-order valence-electron chi connectivity index (χ2n) is 18.4. The van der Waals surface area contributed by atoms with Crippen molar-refractivity contribution in [1.82, 2.24) is 0 Å². The third kappa shape index (κ3) is 7.86. The maximum atomic E-state index is 10.5. The first-order valence-corrected chi connectivity index (χ1v) is 23.8. The number of hydrogen-bond donors (Lipinski definition) is 1. The van der Waals surface area contributed by atoms with E-state index in [0.29, 0.717) is 29.1 Å². The Hall–Kier alpha value is -0.726. The molecular weight excluding hydrogens is 573 g/mol. The zero-order valence-electron chi connectivity index (χ0n) is 30.7. The molecule has 7 atom stereocenters. The van der Waals surface area contributed by atoms with Crippen LogP contribution < -0.4 is 0 Å². The highest BCUT2D eigenvalue weighted by Gasteiger charge is 2.50. The standard InChI is InChI=1S/C39H68O3Si2/c1-27(16-23-35(40)30-18-19-30)33-21-22-34-29(15-14-24-39(33,34)9)17-20-31-25-32(41-43(10,11)37(3,4)5)26-36(28(31)2)42-44(12,13)38(6,7)8/h16-17,20,23,27,30,32-36,40H,2,14-15,18-19,21-22,24-26H2,1,3-13H3/b23-16+,29-17+,31-20?/t27-,32-,33-,34+,35-,36+,39-/m1/s1. The lowest BCUT2D eigenvalue weighted by molar-refractivity contribution is 0.0969. The molecule has 0 amide bonds. The van der Waals surface area contributed by atoms with Gasteiger partial charge in [-0.25, -0.2) is 0 Å². The highest BCUT2D eigenvalue weighted by molar-refractivity contribution is 6.74. The predicted molar refractivity (Wildman–Crippen MR) is 194 cm³/mol. The van der Waals surface area contributed by atoms with Crippen LogP contribution >= 0.6 is 0 Å². The Morgan fingerprint density at radius 3 is 2.11 bits per heavy atom. The van der Waals surface area contributed by atoms with Crippen molar-refractivity contribution < 1.29 is 14.0 Å². The number of hydrogen-bond acceptors (Lipinski definition) is 3. The van der Waals surface area contributed by atoms with Crippen LogP contribution in [0, 0.1) is 29.1 Å². The van der Waals surface area contributed by atoms with Gasteiger partial charge in [-0.05, 0) is 128 Å². The van der Waals surface area contributed by atoms with Gasteiger partial charge >= 0.3 is 0 Å². The Balaban J connectivity index is 1.57. The van der Waals surface area contributed by atoms with Gasteiger partial charge in [0.25, 0.3) is 0 Å². The topological polar surface area (TPSA) is 38.7 Å². The smallest absolute Gasteiger partial charge is 0.192 e. The van der Waals surface area contributed by atoms with E-state index in [1.807, 2.05) is 0 Å². The second kappa shape index (κ2) is 13.1. The first kappa shape index (κ1) is 36.1. The van der Waals surface area contributed by atoms with E-state index >= 15 is 0 Å². The first-order valence-electron chi connectivity index (χ1n) is 18.0. The summed E-state index contributed by atoms with van der Waals surface area (Å²) in [7, 11) is -3.90. The molecule has 3 nitrogen and oxygen atoms in total. The lowest BCUT2D eigenvalue weighted by Crippen LogP contribution is -2.49. The molecule has 4 fully saturated rings. The van der Waals surface area contributed by atoms with Gasteiger partial charge in [-0.3, -0.25) is 0 Å². The largest absolute Gasteiger partial charge is 0.413 e. The third-order valence-corrected chi connectivity index (χ3v) is 22.1. The van der Waals surface area contributed by atoms with Crippen molar-refractivity contribution >= 4 is 16.6 Å². The van der Waals surface area contributed by atoms with Gasteiger partial charge in [-0.15, -0.1) is 0 Å². The molecule has 0 radical (unpaired) electrons. The Labute approximate surface area is 274 Å². The summed E-state index contributed by atoms with van der Waals surface area (Å²) in [6.45, 7) is 33.2. The number of fused-ring (bicyclic) bond motifs is 1. The molecule has 5 heteroatoms. The third-order valence-electron chi connectivity index (χ3n) is 13.1. The SMILES string of the molecule is C=C1C(=C/C=C2\CCC[C@]3(C)[C@@H]([C@H](C)/C=C/[C@@H](O)C4CC4)CC[C@@H]23)C[C@@H](O[Si](C)(C)C(C)(C)C)C[C@@H]1O[Si](C)(C)C(C)(C)C. The fraction of sp³-hybridized carbons (Fsp3) is 0.795. The molecule has 0 bridgehead atoms. The van der Waals surface area contributed by atoms with Gasteiger partial charge in [0.15, 0.2) is 16.6 Å². The molecule has 4 aliphatic rings. The molecule has 1 N–H and O–H groups in total. The van der Waals surface area contributed by atoms with E-state index < -0.39 is 16.6 Å². The Morgan fingerprint density at radius 1 is 0.909 bits per heavy atom. The van der Waals surface area contributed by atoms with Crippen LogP contribution in [0.15, 0.2) is 47.6 Å². The lowest BCUT2D eigenvalue weighted by Gasteiger charge is -2.45. The lowest BCUT2D eigenvalue weighted by atomic mass is 9.61. The summed E-state index contributed by atoms with van der Waals surface area (Å²) < 4.78 is 14.2. The average Bonchev–Trinajstić information content (AvgIpc) is 3.68. The first-order chi connectivity index (χ1) is 20.2. The number of aliphatic hydroxyl groups excluding tert-OH is 1. The van der Waals surface area contributed by atoms with Crippen molar-refractivity contribution in [3.05, 3.63) is 47.6 Å². The molecule has 0 aliphatic heterocycles. The van der Waals surface area contributed by atoms with E-state index in [1.54, 1.807) is 5.57 Å². The molecule has 4 aliphatic carbocycles. The number of allylic oxidation sites excluding steroid dienone is 4. The van der Waals surface area contributed by atoms with Crippen LogP contribution in [0.25, 0.3) is 0 Å². The van der Waals surface area contributed by atoms with Crippen molar-refractivity contribution in [2.75, 3.05) is 0 Å². The van der Waals surface area contributed by atoms with Gasteiger partial charge in [0.2, 0.25) is 0 Å². The highest BCUT2D eigenvalue weighted by atomic mass is 28.4. The summed E-state index contributed by atoms with van der Waals surface area (Å²) >= 11 is 0. The fourth-order valence-corrected chi connectivity index (χ4v) is 10.6. The van der Waals surface area contributed by atoms with E-state index in [-0.39, 0.29) is 28.4 Å². The van der Waals surface area contributed by atoms with Crippen molar-refractivity contribution in [2.24, 2.45) is 29.1 Å². The molecule has 0 unspecified atom stereocenters. The quantitative estimate of drug-likeness (QED) is 0.201. The Kier molecular flexibility index (Phi) is 10.7. The van der Waals surface area contributed by atoms with Gasteiger partial charge < -0.3 is 14.0 Å². The van der Waals surface area contributed by atoms with Gasteiger partial charge in [-0.1, -0.05) is 91.8 Å². The van der Waals surface area contributed by atoms with Gasteiger partial charge in [0.1, 0.15) is 0 Å². The van der Waals surface area contributed by atoms with E-state index in [2.05, 4.69) is 112 Å². The molecular formula is C39H68O3Si2. The molecule has 44 heavy (non-hydrogen) atoms. The molecule has 0 aromatic heterocycles. The highest BCUT2D eigenvalue weighted by Crippen LogP contribution is 2.59. The molecule has 0 spiro atoms. The summed E-state index contributed by atoms with van der Waals surface area (Å²) in [6, 6.07) is 0. The Bertz CT molecular complexity index is 1130. The van der Waals surface area contributed by atoms with Gasteiger partial charge in [0.05, 0.1) is 18.3 Å². The van der Waals surface area contributed by atoms with Crippen molar-refractivity contribution in [2.45, 2.75) is 168 Å². The summed E-state index contributed by atoms with van der Waals surface area (Å²) in [5.74, 6) is 2.35. The van der Waals surface area contributed by atoms with Crippen molar-refractivity contribution in [3.63, 3.8) is 0 Å².